The molecule has 1 saturated carbocycles. The van der Waals surface area contributed by atoms with Gasteiger partial charge in [0.05, 0.1) is 7.11 Å². The second-order valence-corrected chi connectivity index (χ2v) is 8.71. The highest BCUT2D eigenvalue weighted by molar-refractivity contribution is 5.42. The molecule has 0 amide bonds. The molecule has 2 nitrogen and oxygen atoms in total. The summed E-state index contributed by atoms with van der Waals surface area (Å²) in [5.41, 5.74) is 5.89. The first-order valence-corrected chi connectivity index (χ1v) is 10.6. The van der Waals surface area contributed by atoms with Gasteiger partial charge in [-0.2, -0.15) is 0 Å². The minimum atomic E-state index is 0.593. The summed E-state index contributed by atoms with van der Waals surface area (Å²) in [6.07, 6.45) is 5.23. The van der Waals surface area contributed by atoms with Crippen LogP contribution in [0, 0.1) is 0 Å². The summed E-state index contributed by atoms with van der Waals surface area (Å²) >= 11 is 0. The quantitative estimate of drug-likeness (QED) is 0.617. The van der Waals surface area contributed by atoms with E-state index in [9.17, 15) is 0 Å². The van der Waals surface area contributed by atoms with Gasteiger partial charge in [-0.15, -0.1) is 0 Å². The molecule has 1 saturated heterocycles. The van der Waals surface area contributed by atoms with Gasteiger partial charge in [0, 0.05) is 13.1 Å². The number of piperidine rings is 1. The van der Waals surface area contributed by atoms with Crippen LogP contribution in [0.2, 0.25) is 0 Å². The molecule has 27 heavy (non-hydrogen) atoms. The summed E-state index contributed by atoms with van der Waals surface area (Å²) in [6, 6.07) is 16.0. The Kier molecular flexibility index (Phi) is 5.54. The van der Waals surface area contributed by atoms with Gasteiger partial charge in [-0.1, -0.05) is 50.2 Å². The summed E-state index contributed by atoms with van der Waals surface area (Å²) in [4.78, 5) is 2.64. The van der Waals surface area contributed by atoms with Gasteiger partial charge in [0.25, 0.3) is 0 Å². The number of nitrogens with zero attached hydrogens (tertiary/aromatic N) is 1. The van der Waals surface area contributed by atoms with E-state index in [0.29, 0.717) is 11.8 Å². The van der Waals surface area contributed by atoms with Crippen LogP contribution in [0.3, 0.4) is 0 Å². The van der Waals surface area contributed by atoms with Crippen LogP contribution in [0.1, 0.15) is 79.5 Å². The minimum absolute atomic E-state index is 0.593. The monoisotopic (exact) mass is 363 g/mol. The highest BCUT2D eigenvalue weighted by Gasteiger charge is 2.27. The maximum atomic E-state index is 5.69. The van der Waals surface area contributed by atoms with Crippen molar-refractivity contribution in [2.24, 2.45) is 0 Å². The van der Waals surface area contributed by atoms with Crippen molar-refractivity contribution in [1.82, 2.24) is 4.90 Å². The van der Waals surface area contributed by atoms with E-state index in [4.69, 9.17) is 4.74 Å². The first kappa shape index (κ1) is 18.6. The molecule has 0 spiro atoms. The fraction of sp³-hybridized carbons (Fsp3) is 0.520. The Labute approximate surface area is 164 Å². The molecule has 0 radical (unpaired) electrons. The fourth-order valence-corrected chi connectivity index (χ4v) is 4.71. The van der Waals surface area contributed by atoms with Crippen LogP contribution in [0.15, 0.2) is 42.5 Å². The van der Waals surface area contributed by atoms with Gasteiger partial charge in [0.2, 0.25) is 0 Å². The van der Waals surface area contributed by atoms with Gasteiger partial charge < -0.3 is 4.74 Å². The number of ether oxygens (including phenoxy) is 1. The van der Waals surface area contributed by atoms with Crippen LogP contribution in [0.25, 0.3) is 0 Å². The van der Waals surface area contributed by atoms with Crippen molar-refractivity contribution in [2.75, 3.05) is 20.2 Å². The van der Waals surface area contributed by atoms with E-state index in [2.05, 4.69) is 61.2 Å². The second-order valence-electron chi connectivity index (χ2n) is 8.71. The molecule has 144 valence electrons. The number of benzene rings is 2. The van der Waals surface area contributed by atoms with Crippen molar-refractivity contribution >= 4 is 0 Å². The van der Waals surface area contributed by atoms with Gasteiger partial charge in [0.15, 0.2) is 0 Å². The zero-order chi connectivity index (χ0) is 18.8. The number of likely N-dealkylation sites (tertiary alicyclic amines) is 1. The molecule has 1 aliphatic carbocycles. The maximum Gasteiger partial charge on any atom is 0.122 e. The normalized spacial score (nSPS) is 20.8. The Morgan fingerprint density at radius 2 is 1.81 bits per heavy atom. The SMILES string of the molecule is COc1cc(CN2CCCC(c3ccccc3C(C)C)C2)ccc1C1CC1. The van der Waals surface area contributed by atoms with Crippen LogP contribution >= 0.6 is 0 Å². The molecule has 1 heterocycles. The lowest BCUT2D eigenvalue weighted by Crippen LogP contribution is -2.34. The number of hydrogen-bond acceptors (Lipinski definition) is 2. The topological polar surface area (TPSA) is 12.5 Å². The molecule has 1 atom stereocenters. The summed E-state index contributed by atoms with van der Waals surface area (Å²) < 4.78 is 5.69. The van der Waals surface area contributed by atoms with Crippen molar-refractivity contribution in [2.45, 2.75) is 63.8 Å². The molecule has 2 fully saturated rings. The zero-order valence-electron chi connectivity index (χ0n) is 17.1. The molecule has 2 heteroatoms. The van der Waals surface area contributed by atoms with Crippen LogP contribution in [-0.4, -0.2) is 25.1 Å². The second kappa shape index (κ2) is 8.06. The lowest BCUT2D eigenvalue weighted by molar-refractivity contribution is 0.199. The van der Waals surface area contributed by atoms with Gasteiger partial charge >= 0.3 is 0 Å². The Hall–Kier alpha value is -1.80. The molecule has 1 unspecified atom stereocenters. The van der Waals surface area contributed by atoms with E-state index in [1.807, 2.05) is 7.11 Å². The van der Waals surface area contributed by atoms with E-state index in [-0.39, 0.29) is 0 Å². The highest BCUT2D eigenvalue weighted by atomic mass is 16.5. The molecular weight excluding hydrogens is 330 g/mol. The van der Waals surface area contributed by atoms with E-state index in [0.717, 1.165) is 24.8 Å². The van der Waals surface area contributed by atoms with Crippen molar-refractivity contribution < 1.29 is 4.74 Å². The highest BCUT2D eigenvalue weighted by Crippen LogP contribution is 2.44. The Morgan fingerprint density at radius 1 is 1.00 bits per heavy atom. The fourth-order valence-electron chi connectivity index (χ4n) is 4.71. The van der Waals surface area contributed by atoms with Gasteiger partial charge in [-0.3, -0.25) is 4.90 Å². The zero-order valence-corrected chi connectivity index (χ0v) is 17.1. The summed E-state index contributed by atoms with van der Waals surface area (Å²) in [6.45, 7) is 8.02. The van der Waals surface area contributed by atoms with Gasteiger partial charge in [-0.25, -0.2) is 0 Å². The van der Waals surface area contributed by atoms with Gasteiger partial charge in [-0.05, 0) is 78.3 Å². The Morgan fingerprint density at radius 3 is 2.56 bits per heavy atom. The number of hydrogen-bond donors (Lipinski definition) is 0. The largest absolute Gasteiger partial charge is 0.496 e. The van der Waals surface area contributed by atoms with Crippen LogP contribution in [0.5, 0.6) is 5.75 Å². The third-order valence-electron chi connectivity index (χ3n) is 6.28. The molecular formula is C25H33NO. The van der Waals surface area contributed by atoms with Crippen molar-refractivity contribution in [1.29, 1.82) is 0 Å². The molecule has 4 rings (SSSR count). The van der Waals surface area contributed by atoms with Crippen LogP contribution < -0.4 is 4.74 Å². The predicted octanol–water partition coefficient (Wildman–Crippen LogP) is 6.08. The lowest BCUT2D eigenvalue weighted by atomic mass is 9.84. The molecule has 0 bridgehead atoms. The Balaban J connectivity index is 1.48. The number of methoxy groups -OCH3 is 1. The van der Waals surface area contributed by atoms with E-state index in [1.165, 1.54) is 48.9 Å². The van der Waals surface area contributed by atoms with Crippen LogP contribution in [-0.2, 0) is 6.54 Å². The Bertz CT molecular complexity index is 778. The third kappa shape index (κ3) is 4.21. The molecule has 2 aromatic carbocycles. The summed E-state index contributed by atoms with van der Waals surface area (Å²) in [5, 5.41) is 0. The van der Waals surface area contributed by atoms with E-state index < -0.39 is 0 Å². The molecule has 2 aromatic rings. The molecule has 1 aliphatic heterocycles. The van der Waals surface area contributed by atoms with E-state index >= 15 is 0 Å². The average Bonchev–Trinajstić information content (AvgIpc) is 3.53. The smallest absolute Gasteiger partial charge is 0.122 e. The lowest BCUT2D eigenvalue weighted by Gasteiger charge is -2.34. The maximum absolute atomic E-state index is 5.69. The summed E-state index contributed by atoms with van der Waals surface area (Å²) in [5.74, 6) is 3.08. The van der Waals surface area contributed by atoms with Crippen molar-refractivity contribution in [3.63, 3.8) is 0 Å². The molecule has 0 N–H and O–H groups in total. The standard InChI is InChI=1S/C25H33NO/c1-18(2)22-8-4-5-9-23(22)21-7-6-14-26(17-21)16-19-10-13-24(20-11-12-20)25(15-19)27-3/h4-5,8-10,13,15,18,20-21H,6-7,11-12,14,16-17H2,1-3H3. The number of rotatable bonds is 6. The first-order chi connectivity index (χ1) is 13.2. The molecule has 0 aromatic heterocycles. The summed E-state index contributed by atoms with van der Waals surface area (Å²) in [7, 11) is 1.81. The van der Waals surface area contributed by atoms with E-state index in [1.54, 1.807) is 5.56 Å². The van der Waals surface area contributed by atoms with Crippen LogP contribution in [0.4, 0.5) is 0 Å². The first-order valence-electron chi connectivity index (χ1n) is 10.6. The predicted molar refractivity (Wildman–Crippen MR) is 113 cm³/mol. The minimum Gasteiger partial charge on any atom is -0.496 e. The molecule has 2 aliphatic rings. The third-order valence-corrected chi connectivity index (χ3v) is 6.28. The van der Waals surface area contributed by atoms with Crippen molar-refractivity contribution in [3.8, 4) is 5.75 Å². The average molecular weight is 364 g/mol. The van der Waals surface area contributed by atoms with Crippen molar-refractivity contribution in [3.05, 3.63) is 64.7 Å². The van der Waals surface area contributed by atoms with Gasteiger partial charge in [0.1, 0.15) is 5.75 Å².